The summed E-state index contributed by atoms with van der Waals surface area (Å²) in [7, 11) is 0. The number of ether oxygens (including phenoxy) is 1. The number of hydrogen-bond donors (Lipinski definition) is 0. The minimum Gasteiger partial charge on any atom is -0.377 e. The molecule has 0 bridgehead atoms. The van der Waals surface area contributed by atoms with Crippen molar-refractivity contribution in [2.24, 2.45) is 0 Å². The lowest BCUT2D eigenvalue weighted by molar-refractivity contribution is -0.330. The molecule has 14 heavy (non-hydrogen) atoms. The van der Waals surface area contributed by atoms with Crippen molar-refractivity contribution < 1.29 is 9.94 Å². The van der Waals surface area contributed by atoms with E-state index in [2.05, 4.69) is 0 Å². The molecule has 2 aliphatic rings. The van der Waals surface area contributed by atoms with E-state index >= 15 is 0 Å². The Hall–Kier alpha value is -0.120. The highest BCUT2D eigenvalue weighted by Gasteiger charge is 2.49. The molecule has 1 aliphatic carbocycles. The molecule has 2 rings (SSSR count). The largest absolute Gasteiger partial charge is 0.377 e. The van der Waals surface area contributed by atoms with Gasteiger partial charge in [0, 0.05) is 0 Å². The quantitative estimate of drug-likeness (QED) is 0.597. The van der Waals surface area contributed by atoms with Crippen LogP contribution in [0, 0.1) is 0 Å². The minimum absolute atomic E-state index is 0.194. The van der Waals surface area contributed by atoms with Crippen LogP contribution in [0.4, 0.5) is 0 Å². The van der Waals surface area contributed by atoms with Crippen molar-refractivity contribution in [3.05, 3.63) is 0 Å². The van der Waals surface area contributed by atoms with Crippen molar-refractivity contribution in [2.75, 3.05) is 13.2 Å². The predicted octanol–water partition coefficient (Wildman–Crippen LogP) is 2.15. The molecule has 0 atom stereocenters. The Kier molecular flexibility index (Phi) is 2.58. The number of hydrogen-bond acceptors (Lipinski definition) is 2. The SMILES string of the molecule is CC1(C)COCC2(CCCCC2)N1[O]. The summed E-state index contributed by atoms with van der Waals surface area (Å²) in [6, 6.07) is 0. The first-order chi connectivity index (χ1) is 6.57. The van der Waals surface area contributed by atoms with Crippen LogP contribution in [0.25, 0.3) is 0 Å². The van der Waals surface area contributed by atoms with Gasteiger partial charge >= 0.3 is 0 Å². The fourth-order valence-corrected chi connectivity index (χ4v) is 2.81. The molecule has 2 fully saturated rings. The van der Waals surface area contributed by atoms with Gasteiger partial charge in [0.2, 0.25) is 0 Å². The first-order valence-electron chi connectivity index (χ1n) is 5.62. The molecular formula is C11H20NO2. The van der Waals surface area contributed by atoms with Crippen molar-refractivity contribution in [3.63, 3.8) is 0 Å². The molecule has 0 aromatic heterocycles. The summed E-state index contributed by atoms with van der Waals surface area (Å²) in [6.07, 6.45) is 5.66. The molecule has 3 heteroatoms. The second kappa shape index (κ2) is 3.47. The number of hydroxylamine groups is 2. The van der Waals surface area contributed by atoms with Gasteiger partial charge in [0.1, 0.15) is 0 Å². The fourth-order valence-electron chi connectivity index (χ4n) is 2.81. The Labute approximate surface area is 86.0 Å². The van der Waals surface area contributed by atoms with E-state index < -0.39 is 0 Å². The molecule has 81 valence electrons. The zero-order valence-electron chi connectivity index (χ0n) is 9.21. The molecule has 0 aromatic carbocycles. The van der Waals surface area contributed by atoms with Crippen LogP contribution in [0.1, 0.15) is 46.0 Å². The molecule has 0 N–H and O–H groups in total. The van der Waals surface area contributed by atoms with E-state index in [1.807, 2.05) is 13.8 Å². The van der Waals surface area contributed by atoms with E-state index in [0.29, 0.717) is 13.2 Å². The summed E-state index contributed by atoms with van der Waals surface area (Å²) in [5.41, 5.74) is -0.532. The maximum atomic E-state index is 12.3. The van der Waals surface area contributed by atoms with Crippen molar-refractivity contribution in [1.29, 1.82) is 0 Å². The molecule has 1 saturated carbocycles. The van der Waals surface area contributed by atoms with E-state index in [9.17, 15) is 5.21 Å². The number of nitrogens with zero attached hydrogens (tertiary/aromatic N) is 1. The highest BCUT2D eigenvalue weighted by molar-refractivity contribution is 4.98. The molecule has 1 aliphatic heterocycles. The highest BCUT2D eigenvalue weighted by atomic mass is 16.5. The van der Waals surface area contributed by atoms with Gasteiger partial charge < -0.3 is 4.74 Å². The second-order valence-electron chi connectivity index (χ2n) is 5.38. The van der Waals surface area contributed by atoms with Gasteiger partial charge in [-0.3, -0.25) is 0 Å². The Bertz CT molecular complexity index is 204. The topological polar surface area (TPSA) is 32.4 Å². The molecule has 1 heterocycles. The molecule has 0 aromatic rings. The molecule has 0 unspecified atom stereocenters. The van der Waals surface area contributed by atoms with Crippen LogP contribution < -0.4 is 0 Å². The van der Waals surface area contributed by atoms with E-state index in [-0.39, 0.29) is 11.1 Å². The maximum Gasteiger partial charge on any atom is 0.0733 e. The summed E-state index contributed by atoms with van der Waals surface area (Å²) >= 11 is 0. The first kappa shape index (κ1) is 10.4. The van der Waals surface area contributed by atoms with Crippen molar-refractivity contribution in [3.8, 4) is 0 Å². The Balaban J connectivity index is 2.16. The Morgan fingerprint density at radius 3 is 2.36 bits per heavy atom. The van der Waals surface area contributed by atoms with Crippen LogP contribution in [0.15, 0.2) is 0 Å². The van der Waals surface area contributed by atoms with Gasteiger partial charge in [0.15, 0.2) is 0 Å². The van der Waals surface area contributed by atoms with Gasteiger partial charge in [0.05, 0.1) is 24.3 Å². The van der Waals surface area contributed by atoms with Gasteiger partial charge in [-0.15, -0.1) is 10.3 Å². The summed E-state index contributed by atoms with van der Waals surface area (Å²) in [4.78, 5) is 0. The van der Waals surface area contributed by atoms with Gasteiger partial charge in [0.25, 0.3) is 0 Å². The molecule has 1 spiro atoms. The lowest BCUT2D eigenvalue weighted by atomic mass is 9.79. The Morgan fingerprint density at radius 2 is 1.71 bits per heavy atom. The third-order valence-electron chi connectivity index (χ3n) is 3.59. The smallest absolute Gasteiger partial charge is 0.0733 e. The summed E-state index contributed by atoms with van der Waals surface area (Å²) in [5.74, 6) is 0. The zero-order valence-corrected chi connectivity index (χ0v) is 9.21. The van der Waals surface area contributed by atoms with Gasteiger partial charge in [-0.1, -0.05) is 19.3 Å². The summed E-state index contributed by atoms with van der Waals surface area (Å²) < 4.78 is 5.61. The lowest BCUT2D eigenvalue weighted by Crippen LogP contribution is -2.64. The van der Waals surface area contributed by atoms with Crippen molar-refractivity contribution >= 4 is 0 Å². The molecule has 3 nitrogen and oxygen atoms in total. The normalized spacial score (nSPS) is 31.9. The van der Waals surface area contributed by atoms with E-state index in [1.165, 1.54) is 24.3 Å². The lowest BCUT2D eigenvalue weighted by Gasteiger charge is -2.51. The maximum absolute atomic E-state index is 12.3. The standard InChI is InChI=1S/C11H20NO2/c1-10(2)8-14-9-11(12(10)13)6-4-3-5-7-11/h3-9H2,1-2H3. The van der Waals surface area contributed by atoms with Crippen molar-refractivity contribution in [2.45, 2.75) is 57.0 Å². The van der Waals surface area contributed by atoms with Crippen LogP contribution >= 0.6 is 0 Å². The molecule has 1 saturated heterocycles. The van der Waals surface area contributed by atoms with E-state index in [4.69, 9.17) is 4.74 Å². The second-order valence-corrected chi connectivity index (χ2v) is 5.38. The number of morpholine rings is 1. The highest BCUT2D eigenvalue weighted by Crippen LogP contribution is 2.39. The average molecular weight is 198 g/mol. The van der Waals surface area contributed by atoms with Gasteiger partial charge in [-0.25, -0.2) is 0 Å². The third kappa shape index (κ3) is 1.58. The van der Waals surface area contributed by atoms with Crippen LogP contribution in [0.2, 0.25) is 0 Å². The Morgan fingerprint density at radius 1 is 1.07 bits per heavy atom. The van der Waals surface area contributed by atoms with Gasteiger partial charge in [-0.2, -0.15) is 0 Å². The zero-order chi connectivity index (χ0) is 10.2. The van der Waals surface area contributed by atoms with Crippen LogP contribution in [0.5, 0.6) is 0 Å². The monoisotopic (exact) mass is 198 g/mol. The molecule has 0 amide bonds. The van der Waals surface area contributed by atoms with Crippen LogP contribution in [-0.2, 0) is 9.94 Å². The van der Waals surface area contributed by atoms with Crippen molar-refractivity contribution in [1.82, 2.24) is 5.06 Å². The fraction of sp³-hybridized carbons (Fsp3) is 1.00. The summed E-state index contributed by atoms with van der Waals surface area (Å²) in [6.45, 7) is 5.17. The molecule has 1 radical (unpaired) electrons. The average Bonchev–Trinajstić information content (AvgIpc) is 2.16. The third-order valence-corrected chi connectivity index (χ3v) is 3.59. The molecular weight excluding hydrogens is 178 g/mol. The number of rotatable bonds is 0. The first-order valence-corrected chi connectivity index (χ1v) is 5.62. The van der Waals surface area contributed by atoms with E-state index in [1.54, 1.807) is 0 Å². The van der Waals surface area contributed by atoms with Crippen LogP contribution in [0.3, 0.4) is 0 Å². The van der Waals surface area contributed by atoms with E-state index in [0.717, 1.165) is 12.8 Å². The predicted molar refractivity (Wildman–Crippen MR) is 53.2 cm³/mol. The van der Waals surface area contributed by atoms with Gasteiger partial charge in [-0.05, 0) is 26.7 Å². The summed E-state index contributed by atoms with van der Waals surface area (Å²) in [5, 5.41) is 13.6. The minimum atomic E-state index is -0.338. The van der Waals surface area contributed by atoms with Crippen LogP contribution in [-0.4, -0.2) is 29.4 Å².